The normalized spacial score (nSPS) is 11.8. The van der Waals surface area contributed by atoms with Crippen molar-refractivity contribution in [2.75, 3.05) is 4.90 Å². The van der Waals surface area contributed by atoms with Gasteiger partial charge in [-0.05, 0) is 86.9 Å². The summed E-state index contributed by atoms with van der Waals surface area (Å²) in [6.45, 7) is 0. The summed E-state index contributed by atoms with van der Waals surface area (Å²) in [5.41, 5.74) is 10.1. The number of benzene rings is 9. The van der Waals surface area contributed by atoms with Crippen LogP contribution in [0.25, 0.3) is 85.9 Å². The monoisotopic (exact) mass is 693 g/mol. The molecule has 0 unspecified atom stereocenters. The molecule has 0 aliphatic carbocycles. The minimum Gasteiger partial charge on any atom is -0.456 e. The average molecular weight is 694 g/mol. The van der Waals surface area contributed by atoms with Crippen molar-refractivity contribution < 1.29 is 4.42 Å². The van der Waals surface area contributed by atoms with Gasteiger partial charge in [0.25, 0.3) is 0 Å². The van der Waals surface area contributed by atoms with Crippen molar-refractivity contribution in [1.82, 2.24) is 0 Å². The molecule has 11 aromatic rings. The molecule has 0 atom stereocenters. The number of nitrogens with zero attached hydrogens (tertiary/aromatic N) is 1. The first-order valence-electron chi connectivity index (χ1n) is 18.0. The van der Waals surface area contributed by atoms with Gasteiger partial charge in [-0.2, -0.15) is 0 Å². The number of anilines is 3. The number of furan rings is 1. The highest BCUT2D eigenvalue weighted by Crippen LogP contribution is 2.50. The van der Waals surface area contributed by atoms with Crippen molar-refractivity contribution in [3.05, 3.63) is 188 Å². The second kappa shape index (κ2) is 11.9. The first kappa shape index (κ1) is 30.0. The van der Waals surface area contributed by atoms with Crippen molar-refractivity contribution in [1.29, 1.82) is 0 Å². The predicted molar refractivity (Wildman–Crippen MR) is 227 cm³/mol. The Bertz CT molecular complexity index is 3170. The Labute approximate surface area is 310 Å². The van der Waals surface area contributed by atoms with Gasteiger partial charge in [-0.3, -0.25) is 0 Å². The summed E-state index contributed by atoms with van der Waals surface area (Å²) in [7, 11) is 0. The highest BCUT2D eigenvalue weighted by molar-refractivity contribution is 7.26. The lowest BCUT2D eigenvalue weighted by Crippen LogP contribution is -2.11. The van der Waals surface area contributed by atoms with E-state index >= 15 is 0 Å². The molecule has 0 amide bonds. The maximum absolute atomic E-state index is 6.15. The summed E-state index contributed by atoms with van der Waals surface area (Å²) in [6.07, 6.45) is 0. The summed E-state index contributed by atoms with van der Waals surface area (Å²) >= 11 is 1.88. The maximum atomic E-state index is 6.15. The molecule has 3 heteroatoms. The molecule has 2 heterocycles. The van der Waals surface area contributed by atoms with Crippen LogP contribution in [0.4, 0.5) is 17.1 Å². The first-order chi connectivity index (χ1) is 26.3. The molecule has 0 aliphatic rings. The summed E-state index contributed by atoms with van der Waals surface area (Å²) < 4.78 is 8.70. The van der Waals surface area contributed by atoms with Crippen LogP contribution in [-0.4, -0.2) is 0 Å². The van der Waals surface area contributed by atoms with Gasteiger partial charge in [-0.25, -0.2) is 0 Å². The Hall–Kier alpha value is -6.68. The van der Waals surface area contributed by atoms with Crippen LogP contribution in [-0.2, 0) is 0 Å². The molecule has 0 aliphatic heterocycles. The molecule has 0 bridgehead atoms. The van der Waals surface area contributed by atoms with Crippen LogP contribution < -0.4 is 4.90 Å². The van der Waals surface area contributed by atoms with Gasteiger partial charge in [0.15, 0.2) is 0 Å². The van der Waals surface area contributed by atoms with E-state index in [1.54, 1.807) is 0 Å². The van der Waals surface area contributed by atoms with E-state index in [9.17, 15) is 0 Å². The van der Waals surface area contributed by atoms with Crippen molar-refractivity contribution in [3.63, 3.8) is 0 Å². The maximum Gasteiger partial charge on any atom is 0.135 e. The minimum absolute atomic E-state index is 0.909. The third-order valence-electron chi connectivity index (χ3n) is 10.7. The van der Waals surface area contributed by atoms with Crippen molar-refractivity contribution in [3.8, 4) is 22.3 Å². The Morgan fingerprint density at radius 3 is 1.91 bits per heavy atom. The molecule has 53 heavy (non-hydrogen) atoms. The van der Waals surface area contributed by atoms with E-state index in [1.807, 2.05) is 23.5 Å². The van der Waals surface area contributed by atoms with E-state index in [0.717, 1.165) is 44.4 Å². The van der Waals surface area contributed by atoms with Gasteiger partial charge in [-0.1, -0.05) is 140 Å². The number of fused-ring (bicyclic) bond motifs is 9. The summed E-state index contributed by atoms with van der Waals surface area (Å²) in [6, 6.07) is 68.1. The third-order valence-corrected chi connectivity index (χ3v) is 11.8. The van der Waals surface area contributed by atoms with Gasteiger partial charge in [0.1, 0.15) is 11.2 Å². The Morgan fingerprint density at radius 1 is 0.396 bits per heavy atom. The van der Waals surface area contributed by atoms with Crippen molar-refractivity contribution in [2.45, 2.75) is 0 Å². The Balaban J connectivity index is 1.16. The highest BCUT2D eigenvalue weighted by atomic mass is 32.1. The van der Waals surface area contributed by atoms with Crippen LogP contribution in [0.2, 0.25) is 0 Å². The van der Waals surface area contributed by atoms with E-state index in [1.165, 1.54) is 58.5 Å². The fraction of sp³-hybridized carbons (Fsp3) is 0. The second-order valence-electron chi connectivity index (χ2n) is 13.7. The quantitative estimate of drug-likeness (QED) is 0.167. The van der Waals surface area contributed by atoms with E-state index < -0.39 is 0 Å². The smallest absolute Gasteiger partial charge is 0.135 e. The third kappa shape index (κ3) is 4.78. The van der Waals surface area contributed by atoms with E-state index in [-0.39, 0.29) is 0 Å². The zero-order chi connectivity index (χ0) is 34.9. The van der Waals surface area contributed by atoms with Gasteiger partial charge in [0.2, 0.25) is 0 Å². The number of thiophene rings is 1. The van der Waals surface area contributed by atoms with Crippen molar-refractivity contribution >= 4 is 92.1 Å². The molecular weight excluding hydrogens is 663 g/mol. The van der Waals surface area contributed by atoms with Crippen LogP contribution in [0.15, 0.2) is 192 Å². The van der Waals surface area contributed by atoms with Crippen LogP contribution in [0.1, 0.15) is 0 Å². The second-order valence-corrected chi connectivity index (χ2v) is 14.7. The lowest BCUT2D eigenvalue weighted by Gasteiger charge is -2.28. The van der Waals surface area contributed by atoms with Gasteiger partial charge < -0.3 is 9.32 Å². The van der Waals surface area contributed by atoms with Crippen molar-refractivity contribution in [2.24, 2.45) is 0 Å². The largest absolute Gasteiger partial charge is 0.456 e. The van der Waals surface area contributed by atoms with Gasteiger partial charge in [0.05, 0.1) is 16.1 Å². The molecule has 0 saturated heterocycles. The SMILES string of the molecule is c1ccc(-c2ccc(N(c3ccc(-c4ccc5oc6ccccc6c5c4)cc3)c3cc4ccccc4c4ccccc34)c3sc4ccccc4c23)cc1. The van der Waals surface area contributed by atoms with E-state index in [0.29, 0.717) is 0 Å². The topological polar surface area (TPSA) is 16.4 Å². The van der Waals surface area contributed by atoms with Crippen LogP contribution >= 0.6 is 11.3 Å². The zero-order valence-electron chi connectivity index (χ0n) is 28.7. The first-order valence-corrected chi connectivity index (χ1v) is 18.8. The molecule has 248 valence electrons. The Morgan fingerprint density at radius 2 is 1.06 bits per heavy atom. The lowest BCUT2D eigenvalue weighted by molar-refractivity contribution is 0.669. The summed E-state index contributed by atoms with van der Waals surface area (Å²) in [5, 5.41) is 9.80. The molecule has 0 spiro atoms. The minimum atomic E-state index is 0.909. The molecule has 11 rings (SSSR count). The predicted octanol–water partition coefficient (Wildman–Crippen LogP) is 15.1. The van der Waals surface area contributed by atoms with Gasteiger partial charge in [-0.15, -0.1) is 11.3 Å². The Kier molecular flexibility index (Phi) is 6.76. The van der Waals surface area contributed by atoms with E-state index in [4.69, 9.17) is 4.42 Å². The molecule has 2 nitrogen and oxygen atoms in total. The fourth-order valence-electron chi connectivity index (χ4n) is 8.18. The molecule has 0 N–H and O–H groups in total. The molecule has 0 radical (unpaired) electrons. The number of para-hydroxylation sites is 1. The number of hydrogen-bond acceptors (Lipinski definition) is 3. The number of hydrogen-bond donors (Lipinski definition) is 0. The zero-order valence-corrected chi connectivity index (χ0v) is 29.5. The van der Waals surface area contributed by atoms with Crippen LogP contribution in [0, 0.1) is 0 Å². The summed E-state index contributed by atoms with van der Waals surface area (Å²) in [4.78, 5) is 2.48. The van der Waals surface area contributed by atoms with Crippen LogP contribution in [0.5, 0.6) is 0 Å². The standard InChI is InChI=1S/C50H31NOS/c1-2-12-33(13-3-1)38-27-28-44(50-49(38)42-19-9-11-21-48(42)53-50)51(45-31-35-14-4-5-15-37(35)39-16-6-7-17-40(39)45)36-25-22-32(23-26-36)34-24-29-47-43(30-34)41-18-8-10-20-46(41)52-47/h1-31H. The molecule has 9 aromatic carbocycles. The molecule has 0 fully saturated rings. The van der Waals surface area contributed by atoms with E-state index in [2.05, 4.69) is 181 Å². The summed E-state index contributed by atoms with van der Waals surface area (Å²) in [5.74, 6) is 0. The molecule has 0 saturated carbocycles. The average Bonchev–Trinajstić information content (AvgIpc) is 3.81. The highest BCUT2D eigenvalue weighted by Gasteiger charge is 2.23. The number of rotatable bonds is 5. The van der Waals surface area contributed by atoms with Crippen LogP contribution in [0.3, 0.4) is 0 Å². The fourth-order valence-corrected chi connectivity index (χ4v) is 9.42. The molecular formula is C50H31NOS. The van der Waals surface area contributed by atoms with Gasteiger partial charge >= 0.3 is 0 Å². The molecule has 2 aromatic heterocycles. The van der Waals surface area contributed by atoms with Gasteiger partial charge in [0, 0.05) is 37.3 Å². The lowest BCUT2D eigenvalue weighted by atomic mass is 9.96.